The van der Waals surface area contributed by atoms with Crippen LogP contribution in [-0.2, 0) is 9.84 Å². The molecule has 0 saturated heterocycles. The van der Waals surface area contributed by atoms with Crippen molar-refractivity contribution in [3.63, 3.8) is 0 Å². The van der Waals surface area contributed by atoms with Gasteiger partial charge in [-0.15, -0.1) is 0 Å². The summed E-state index contributed by atoms with van der Waals surface area (Å²) in [6.07, 6.45) is 1.89. The van der Waals surface area contributed by atoms with E-state index in [4.69, 9.17) is 4.74 Å². The first-order valence-electron chi connectivity index (χ1n) is 6.57. The van der Waals surface area contributed by atoms with Crippen LogP contribution in [0.3, 0.4) is 0 Å². The van der Waals surface area contributed by atoms with E-state index in [0.29, 0.717) is 19.6 Å². The second-order valence-corrected chi connectivity index (χ2v) is 6.89. The van der Waals surface area contributed by atoms with Gasteiger partial charge in [-0.2, -0.15) is 0 Å². The van der Waals surface area contributed by atoms with Crippen LogP contribution >= 0.6 is 0 Å². The van der Waals surface area contributed by atoms with E-state index >= 15 is 0 Å². The lowest BCUT2D eigenvalue weighted by Crippen LogP contribution is -2.22. The molecule has 0 heterocycles. The van der Waals surface area contributed by atoms with E-state index in [-0.39, 0.29) is 11.8 Å². The zero-order chi connectivity index (χ0) is 14.3. The van der Waals surface area contributed by atoms with Crippen molar-refractivity contribution in [1.82, 2.24) is 5.32 Å². The molecule has 0 aliphatic rings. The van der Waals surface area contributed by atoms with Crippen LogP contribution in [0.4, 0.5) is 0 Å². The molecule has 0 radical (unpaired) electrons. The van der Waals surface area contributed by atoms with Gasteiger partial charge in [0.25, 0.3) is 0 Å². The Morgan fingerprint density at radius 1 is 1.32 bits per heavy atom. The summed E-state index contributed by atoms with van der Waals surface area (Å²) in [5.74, 6) is 1.10. The van der Waals surface area contributed by atoms with Crippen LogP contribution in [0.15, 0.2) is 24.3 Å². The Morgan fingerprint density at radius 2 is 2.00 bits per heavy atom. The minimum atomic E-state index is -2.87. The molecule has 1 aromatic rings. The number of para-hydroxylation sites is 1. The van der Waals surface area contributed by atoms with E-state index in [1.54, 1.807) is 0 Å². The van der Waals surface area contributed by atoms with Gasteiger partial charge < -0.3 is 10.1 Å². The van der Waals surface area contributed by atoms with Gasteiger partial charge in [0.05, 0.1) is 12.4 Å². The number of hydrogen-bond acceptors (Lipinski definition) is 4. The van der Waals surface area contributed by atoms with E-state index in [2.05, 4.69) is 12.2 Å². The summed E-state index contributed by atoms with van der Waals surface area (Å²) >= 11 is 0. The Bertz CT molecular complexity index is 485. The number of nitrogens with one attached hydrogen (secondary N) is 1. The summed E-state index contributed by atoms with van der Waals surface area (Å²) in [4.78, 5) is 0. The largest absolute Gasteiger partial charge is 0.494 e. The second-order valence-electron chi connectivity index (χ2n) is 4.63. The Labute approximate surface area is 116 Å². The lowest BCUT2D eigenvalue weighted by atomic mass is 10.1. The zero-order valence-electron chi connectivity index (χ0n) is 11.8. The molecule has 0 amide bonds. The molecule has 1 unspecified atom stereocenters. The highest BCUT2D eigenvalue weighted by Crippen LogP contribution is 2.24. The van der Waals surface area contributed by atoms with Gasteiger partial charge in [0.15, 0.2) is 0 Å². The summed E-state index contributed by atoms with van der Waals surface area (Å²) in [5.41, 5.74) is 1.10. The van der Waals surface area contributed by atoms with Crippen LogP contribution < -0.4 is 10.1 Å². The van der Waals surface area contributed by atoms with Gasteiger partial charge in [0, 0.05) is 17.9 Å². The molecule has 5 heteroatoms. The van der Waals surface area contributed by atoms with Crippen molar-refractivity contribution in [1.29, 1.82) is 0 Å². The topological polar surface area (TPSA) is 55.4 Å². The molecule has 0 bridgehead atoms. The molecule has 1 N–H and O–H groups in total. The van der Waals surface area contributed by atoms with E-state index in [1.807, 2.05) is 31.2 Å². The molecule has 4 nitrogen and oxygen atoms in total. The van der Waals surface area contributed by atoms with Gasteiger partial charge >= 0.3 is 0 Å². The molecular formula is C14H23NO3S. The lowest BCUT2D eigenvalue weighted by molar-refractivity contribution is 0.332. The Hall–Kier alpha value is -1.07. The second kappa shape index (κ2) is 7.50. The van der Waals surface area contributed by atoms with Crippen molar-refractivity contribution < 1.29 is 13.2 Å². The number of rotatable bonds is 8. The number of ether oxygens (including phenoxy) is 1. The molecule has 0 aliphatic heterocycles. The average molecular weight is 285 g/mol. The molecule has 108 valence electrons. The van der Waals surface area contributed by atoms with Crippen molar-refractivity contribution in [3.8, 4) is 5.75 Å². The molecular weight excluding hydrogens is 262 g/mol. The summed E-state index contributed by atoms with van der Waals surface area (Å²) in [7, 11) is -2.87. The standard InChI is InChI=1S/C14H23NO3S/c1-4-18-14-9-6-5-8-13(14)12(2)15-10-7-11-19(3,16)17/h5-6,8-9,12,15H,4,7,10-11H2,1-3H3. The maximum Gasteiger partial charge on any atom is 0.147 e. The van der Waals surface area contributed by atoms with Gasteiger partial charge in [-0.3, -0.25) is 0 Å². The quantitative estimate of drug-likeness (QED) is 0.744. The fraction of sp³-hybridized carbons (Fsp3) is 0.571. The molecule has 0 aliphatic carbocycles. The average Bonchev–Trinajstić information content (AvgIpc) is 2.34. The van der Waals surface area contributed by atoms with Crippen LogP contribution in [-0.4, -0.2) is 33.6 Å². The molecule has 0 saturated carbocycles. The Morgan fingerprint density at radius 3 is 2.63 bits per heavy atom. The fourth-order valence-electron chi connectivity index (χ4n) is 1.89. The predicted octanol–water partition coefficient (Wildman–Crippen LogP) is 2.17. The molecule has 19 heavy (non-hydrogen) atoms. The Balaban J connectivity index is 2.51. The van der Waals surface area contributed by atoms with Crippen molar-refractivity contribution >= 4 is 9.84 Å². The first-order valence-corrected chi connectivity index (χ1v) is 8.63. The maximum atomic E-state index is 11.0. The van der Waals surface area contributed by atoms with Gasteiger partial charge in [-0.05, 0) is 32.9 Å². The summed E-state index contributed by atoms with van der Waals surface area (Å²) in [5, 5.41) is 3.33. The highest BCUT2D eigenvalue weighted by atomic mass is 32.2. The van der Waals surface area contributed by atoms with Gasteiger partial charge in [0.2, 0.25) is 0 Å². The smallest absolute Gasteiger partial charge is 0.147 e. The third-order valence-corrected chi connectivity index (χ3v) is 3.86. The van der Waals surface area contributed by atoms with Crippen LogP contribution in [0, 0.1) is 0 Å². The van der Waals surface area contributed by atoms with Gasteiger partial charge in [0.1, 0.15) is 15.6 Å². The number of hydrogen-bond donors (Lipinski definition) is 1. The minimum Gasteiger partial charge on any atom is -0.494 e. The predicted molar refractivity (Wildman–Crippen MR) is 78.4 cm³/mol. The Kier molecular flexibility index (Phi) is 6.31. The number of benzene rings is 1. The maximum absolute atomic E-state index is 11.0. The lowest BCUT2D eigenvalue weighted by Gasteiger charge is -2.17. The van der Waals surface area contributed by atoms with E-state index in [0.717, 1.165) is 11.3 Å². The van der Waals surface area contributed by atoms with Gasteiger partial charge in [-0.25, -0.2) is 8.42 Å². The van der Waals surface area contributed by atoms with Crippen LogP contribution in [0.5, 0.6) is 5.75 Å². The van der Waals surface area contributed by atoms with Gasteiger partial charge in [-0.1, -0.05) is 18.2 Å². The molecule has 1 rings (SSSR count). The van der Waals surface area contributed by atoms with Crippen molar-refractivity contribution in [2.75, 3.05) is 25.2 Å². The zero-order valence-corrected chi connectivity index (χ0v) is 12.7. The van der Waals surface area contributed by atoms with Crippen LogP contribution in [0.2, 0.25) is 0 Å². The van der Waals surface area contributed by atoms with E-state index in [9.17, 15) is 8.42 Å². The van der Waals surface area contributed by atoms with E-state index < -0.39 is 9.84 Å². The number of sulfone groups is 1. The molecule has 0 fully saturated rings. The van der Waals surface area contributed by atoms with Crippen molar-refractivity contribution in [2.24, 2.45) is 0 Å². The third-order valence-electron chi connectivity index (χ3n) is 2.83. The summed E-state index contributed by atoms with van der Waals surface area (Å²) in [6, 6.07) is 8.05. The SMILES string of the molecule is CCOc1ccccc1C(C)NCCCS(C)(=O)=O. The van der Waals surface area contributed by atoms with Crippen molar-refractivity contribution in [3.05, 3.63) is 29.8 Å². The first kappa shape index (κ1) is 16.0. The molecule has 0 spiro atoms. The highest BCUT2D eigenvalue weighted by molar-refractivity contribution is 7.90. The third kappa shape index (κ3) is 6.07. The molecule has 0 aromatic heterocycles. The molecule has 1 aromatic carbocycles. The first-order chi connectivity index (χ1) is 8.94. The van der Waals surface area contributed by atoms with Crippen molar-refractivity contribution in [2.45, 2.75) is 26.3 Å². The minimum absolute atomic E-state index is 0.141. The fourth-order valence-corrected chi connectivity index (χ4v) is 2.56. The summed E-state index contributed by atoms with van der Waals surface area (Å²) in [6.45, 7) is 5.33. The van der Waals surface area contributed by atoms with Crippen LogP contribution in [0.25, 0.3) is 0 Å². The molecule has 1 atom stereocenters. The normalized spacial score (nSPS) is 13.2. The van der Waals surface area contributed by atoms with E-state index in [1.165, 1.54) is 6.26 Å². The van der Waals surface area contributed by atoms with Crippen LogP contribution in [0.1, 0.15) is 31.9 Å². The summed E-state index contributed by atoms with van der Waals surface area (Å²) < 4.78 is 27.7. The monoisotopic (exact) mass is 285 g/mol. The highest BCUT2D eigenvalue weighted by Gasteiger charge is 2.10.